The predicted octanol–water partition coefficient (Wildman–Crippen LogP) is 5.73. The van der Waals surface area contributed by atoms with E-state index < -0.39 is 57.7 Å². The lowest BCUT2D eigenvalue weighted by molar-refractivity contribution is -0.137. The van der Waals surface area contributed by atoms with Gasteiger partial charge in [-0.05, 0) is 42.6 Å². The summed E-state index contributed by atoms with van der Waals surface area (Å²) in [5, 5.41) is 3.63. The molecule has 4 aromatic rings. The van der Waals surface area contributed by atoms with Crippen molar-refractivity contribution in [3.63, 3.8) is 0 Å². The molecular formula is C28H20F3N3O4S3. The van der Waals surface area contributed by atoms with E-state index >= 15 is 0 Å². The summed E-state index contributed by atoms with van der Waals surface area (Å²) < 4.78 is 41.5. The average Bonchev–Trinajstić information content (AvgIpc) is 3.62. The number of hydrogen-bond donors (Lipinski definition) is 1. The van der Waals surface area contributed by atoms with Crippen LogP contribution in [-0.2, 0) is 27.1 Å². The van der Waals surface area contributed by atoms with Gasteiger partial charge >= 0.3 is 11.0 Å². The molecule has 2 aliphatic rings. The second kappa shape index (κ2) is 10.3. The molecule has 41 heavy (non-hydrogen) atoms. The van der Waals surface area contributed by atoms with Crippen molar-refractivity contribution < 1.29 is 27.6 Å². The maximum atomic E-state index is 13.8. The summed E-state index contributed by atoms with van der Waals surface area (Å²) in [4.78, 5) is 55.6. The van der Waals surface area contributed by atoms with Crippen molar-refractivity contribution in [2.45, 2.75) is 35.8 Å². The van der Waals surface area contributed by atoms with E-state index in [9.17, 15) is 32.3 Å². The van der Waals surface area contributed by atoms with Gasteiger partial charge in [0.25, 0.3) is 0 Å². The number of para-hydroxylation sites is 1. The van der Waals surface area contributed by atoms with Gasteiger partial charge in [0.2, 0.25) is 17.7 Å². The summed E-state index contributed by atoms with van der Waals surface area (Å²) in [5.41, 5.74) is -0.00155. The average molecular weight is 616 g/mol. The van der Waals surface area contributed by atoms with Gasteiger partial charge < -0.3 is 5.32 Å². The van der Waals surface area contributed by atoms with Crippen molar-refractivity contribution in [2.24, 2.45) is 5.92 Å². The molecule has 0 radical (unpaired) electrons. The molecule has 4 heterocycles. The summed E-state index contributed by atoms with van der Waals surface area (Å²) >= 11 is 3.33. The molecule has 0 spiro atoms. The normalized spacial score (nSPS) is 20.2. The van der Waals surface area contributed by atoms with Gasteiger partial charge in [-0.25, -0.2) is 4.90 Å². The number of carbonyl (C=O) groups excluding carboxylic acids is 3. The quantitative estimate of drug-likeness (QED) is 0.290. The maximum Gasteiger partial charge on any atom is 0.418 e. The maximum absolute atomic E-state index is 13.8. The van der Waals surface area contributed by atoms with Crippen molar-refractivity contribution in [2.75, 3.05) is 10.2 Å². The summed E-state index contributed by atoms with van der Waals surface area (Å²) in [6.45, 7) is 1.34. The third kappa shape index (κ3) is 4.81. The topological polar surface area (TPSA) is 88.5 Å². The van der Waals surface area contributed by atoms with Crippen LogP contribution in [0.2, 0.25) is 0 Å². The van der Waals surface area contributed by atoms with E-state index in [0.717, 1.165) is 45.7 Å². The van der Waals surface area contributed by atoms with Crippen molar-refractivity contribution in [3.8, 4) is 0 Å². The Kier molecular flexibility index (Phi) is 6.91. The number of nitrogens with zero attached hydrogens (tertiary/aromatic N) is 2. The Balaban J connectivity index is 1.37. The second-order valence-corrected chi connectivity index (χ2v) is 12.7. The zero-order valence-corrected chi connectivity index (χ0v) is 23.6. The highest BCUT2D eigenvalue weighted by atomic mass is 32.2. The summed E-state index contributed by atoms with van der Waals surface area (Å²) in [7, 11) is 0. The van der Waals surface area contributed by atoms with E-state index in [1.807, 2.05) is 36.6 Å². The van der Waals surface area contributed by atoms with E-state index in [1.54, 1.807) is 12.1 Å². The van der Waals surface area contributed by atoms with E-state index in [2.05, 4.69) is 5.32 Å². The lowest BCUT2D eigenvalue weighted by atomic mass is 9.87. The number of anilines is 2. The molecule has 3 amide bonds. The zero-order valence-electron chi connectivity index (χ0n) is 21.2. The summed E-state index contributed by atoms with van der Waals surface area (Å²) in [6.07, 6.45) is -4.68. The third-order valence-electron chi connectivity index (χ3n) is 7.00. The Morgan fingerprint density at radius 3 is 2.39 bits per heavy atom. The second-order valence-electron chi connectivity index (χ2n) is 9.62. The van der Waals surface area contributed by atoms with Crippen LogP contribution in [0, 0.1) is 12.8 Å². The predicted molar refractivity (Wildman–Crippen MR) is 152 cm³/mol. The van der Waals surface area contributed by atoms with Crippen LogP contribution >= 0.6 is 34.4 Å². The number of fused-ring (bicyclic) bond motifs is 2. The standard InChI is InChI=1S/C28H20F3N3O4S3/c1-14-8-10-15(11-9-14)34-24(36)21-20(18-7-4-12-39-18)23-26(40-22(21)25(34)37)33(27(38)41-23)13-19(35)32-17-6-3-2-5-16(17)28(29,30)31/h2-12,20-22H,13H2,1H3,(H,32,35)/t20-,21-,22+/m0/s1. The van der Waals surface area contributed by atoms with Gasteiger partial charge in [0, 0.05) is 15.7 Å². The van der Waals surface area contributed by atoms with Crippen LogP contribution in [0.5, 0.6) is 0 Å². The number of thiazole rings is 1. The van der Waals surface area contributed by atoms with Crippen LogP contribution in [0.1, 0.15) is 26.8 Å². The fraction of sp³-hybridized carbons (Fsp3) is 0.214. The molecule has 210 valence electrons. The van der Waals surface area contributed by atoms with Crippen molar-refractivity contribution in [1.82, 2.24) is 4.57 Å². The largest absolute Gasteiger partial charge is 0.418 e. The molecule has 7 nitrogen and oxygen atoms in total. The number of rotatable bonds is 5. The summed E-state index contributed by atoms with van der Waals surface area (Å²) in [5.74, 6) is -2.96. The Hall–Kier alpha value is -3.68. The number of aromatic nitrogens is 1. The Morgan fingerprint density at radius 2 is 1.71 bits per heavy atom. The number of thioether (sulfide) groups is 1. The molecule has 0 unspecified atom stereocenters. The van der Waals surface area contributed by atoms with Gasteiger partial charge in [0.05, 0.1) is 27.9 Å². The lowest BCUT2D eigenvalue weighted by Gasteiger charge is -2.29. The summed E-state index contributed by atoms with van der Waals surface area (Å²) in [6, 6.07) is 15.3. The first-order chi connectivity index (χ1) is 19.5. The van der Waals surface area contributed by atoms with Crippen LogP contribution in [0.4, 0.5) is 24.5 Å². The first-order valence-electron chi connectivity index (χ1n) is 12.4. The van der Waals surface area contributed by atoms with E-state index in [4.69, 9.17) is 0 Å². The number of nitrogens with one attached hydrogen (secondary N) is 1. The molecule has 3 atom stereocenters. The number of imide groups is 1. The van der Waals surface area contributed by atoms with Gasteiger partial charge in [-0.3, -0.25) is 23.7 Å². The molecule has 1 fully saturated rings. The number of carbonyl (C=O) groups is 3. The third-order valence-corrected chi connectivity index (χ3v) is 10.6. The highest BCUT2D eigenvalue weighted by molar-refractivity contribution is 8.00. The Morgan fingerprint density at radius 1 is 0.976 bits per heavy atom. The van der Waals surface area contributed by atoms with Crippen LogP contribution in [0.25, 0.3) is 0 Å². The van der Waals surface area contributed by atoms with Gasteiger partial charge in [-0.1, -0.05) is 59.0 Å². The Bertz CT molecular complexity index is 1730. The van der Waals surface area contributed by atoms with E-state index in [0.29, 0.717) is 15.6 Å². The van der Waals surface area contributed by atoms with Crippen LogP contribution in [0.3, 0.4) is 0 Å². The minimum Gasteiger partial charge on any atom is -0.324 e. The van der Waals surface area contributed by atoms with Gasteiger partial charge in [-0.15, -0.1) is 11.3 Å². The molecule has 0 aliphatic carbocycles. The lowest BCUT2D eigenvalue weighted by Crippen LogP contribution is -2.32. The number of hydrogen-bond acceptors (Lipinski definition) is 7. The molecule has 0 bridgehead atoms. The highest BCUT2D eigenvalue weighted by Gasteiger charge is 2.57. The smallest absolute Gasteiger partial charge is 0.324 e. The van der Waals surface area contributed by atoms with Crippen molar-refractivity contribution >= 4 is 63.5 Å². The monoisotopic (exact) mass is 615 g/mol. The first-order valence-corrected chi connectivity index (χ1v) is 15.0. The van der Waals surface area contributed by atoms with Crippen LogP contribution < -0.4 is 15.1 Å². The van der Waals surface area contributed by atoms with Crippen LogP contribution in [-0.4, -0.2) is 27.5 Å². The first kappa shape index (κ1) is 27.5. The number of thiophene rings is 1. The number of aryl methyl sites for hydroxylation is 1. The van der Waals surface area contributed by atoms with Crippen molar-refractivity contribution in [3.05, 3.63) is 96.6 Å². The van der Waals surface area contributed by atoms with Gasteiger partial charge in [-0.2, -0.15) is 13.2 Å². The molecule has 13 heteroatoms. The molecule has 1 N–H and O–H groups in total. The molecule has 6 rings (SSSR count). The number of benzene rings is 2. The minimum atomic E-state index is -4.68. The van der Waals surface area contributed by atoms with Gasteiger partial charge in [0.1, 0.15) is 11.8 Å². The van der Waals surface area contributed by atoms with Crippen LogP contribution in [0.15, 0.2) is 75.9 Å². The van der Waals surface area contributed by atoms with E-state index in [-0.39, 0.29) is 5.91 Å². The molecule has 2 aromatic heterocycles. The molecular weight excluding hydrogens is 596 g/mol. The molecule has 2 aromatic carbocycles. The fourth-order valence-electron chi connectivity index (χ4n) is 5.15. The minimum absolute atomic E-state index is 0.366. The van der Waals surface area contributed by atoms with Gasteiger partial charge in [0.15, 0.2) is 0 Å². The molecule has 2 aliphatic heterocycles. The van der Waals surface area contributed by atoms with Crippen molar-refractivity contribution in [1.29, 1.82) is 0 Å². The van der Waals surface area contributed by atoms with E-state index in [1.165, 1.54) is 32.9 Å². The highest BCUT2D eigenvalue weighted by Crippen LogP contribution is 2.54. The molecule has 1 saturated heterocycles. The fourth-order valence-corrected chi connectivity index (χ4v) is 8.87. The number of amides is 3. The zero-order chi connectivity index (χ0) is 29.1. The SMILES string of the molecule is Cc1ccc(N2C(=O)[C@H]3[C@H](c4cccs4)c4sc(=O)n(CC(=O)Nc5ccccc5C(F)(F)F)c4S[C@H]3C2=O)cc1. The molecule has 0 saturated carbocycles. The Labute approximate surface area is 243 Å². The number of halogens is 3. The number of alkyl halides is 3.